The molecule has 0 saturated carbocycles. The second-order valence-corrected chi connectivity index (χ2v) is 4.70. The summed E-state index contributed by atoms with van der Waals surface area (Å²) in [5, 5.41) is 19.1. The fraction of sp³-hybridized carbons (Fsp3) is 0.333. The Bertz CT molecular complexity index is 500. The lowest BCUT2D eigenvalue weighted by atomic mass is 9.84. The molecule has 0 aliphatic rings. The van der Waals surface area contributed by atoms with E-state index in [1.54, 1.807) is 18.5 Å². The average Bonchev–Trinajstić information content (AvgIpc) is 2.17. The van der Waals surface area contributed by atoms with Gasteiger partial charge in [0.15, 0.2) is 0 Å². The standard InChI is InChI=1S/C12H14N2O/c1-12(2,3)10-4-5-11(15)9-7-14-13-6-8(9)10/h4-7,15H,1-3H3. The minimum absolute atomic E-state index is 0.0367. The van der Waals surface area contributed by atoms with E-state index in [2.05, 4.69) is 31.0 Å². The summed E-state index contributed by atoms with van der Waals surface area (Å²) in [5.41, 5.74) is 1.21. The molecule has 0 unspecified atom stereocenters. The molecule has 1 aromatic heterocycles. The zero-order valence-electron chi connectivity index (χ0n) is 9.15. The molecule has 1 aromatic carbocycles. The zero-order chi connectivity index (χ0) is 11.1. The molecule has 0 radical (unpaired) electrons. The maximum atomic E-state index is 9.69. The molecule has 3 nitrogen and oxygen atoms in total. The van der Waals surface area contributed by atoms with Crippen molar-refractivity contribution in [3.8, 4) is 5.75 Å². The highest BCUT2D eigenvalue weighted by Gasteiger charge is 2.17. The van der Waals surface area contributed by atoms with E-state index in [-0.39, 0.29) is 11.2 Å². The van der Waals surface area contributed by atoms with Crippen LogP contribution < -0.4 is 0 Å². The van der Waals surface area contributed by atoms with Crippen molar-refractivity contribution in [2.24, 2.45) is 0 Å². The van der Waals surface area contributed by atoms with Crippen LogP contribution in [0.4, 0.5) is 0 Å². The van der Waals surface area contributed by atoms with Crippen molar-refractivity contribution in [3.63, 3.8) is 0 Å². The molecular formula is C12H14N2O. The molecule has 0 spiro atoms. The Kier molecular flexibility index (Phi) is 2.11. The second kappa shape index (κ2) is 3.19. The van der Waals surface area contributed by atoms with Gasteiger partial charge in [-0.2, -0.15) is 10.2 Å². The molecule has 15 heavy (non-hydrogen) atoms. The Morgan fingerprint density at radius 1 is 1.00 bits per heavy atom. The van der Waals surface area contributed by atoms with Crippen molar-refractivity contribution < 1.29 is 5.11 Å². The fourth-order valence-electron chi connectivity index (χ4n) is 1.74. The van der Waals surface area contributed by atoms with Crippen LogP contribution in [0.5, 0.6) is 5.75 Å². The minimum Gasteiger partial charge on any atom is -0.507 e. The van der Waals surface area contributed by atoms with E-state index in [1.165, 1.54) is 5.56 Å². The first-order chi connectivity index (χ1) is 7.00. The number of hydrogen-bond donors (Lipinski definition) is 1. The van der Waals surface area contributed by atoms with Gasteiger partial charge in [0.05, 0.1) is 12.4 Å². The minimum atomic E-state index is 0.0367. The van der Waals surface area contributed by atoms with Gasteiger partial charge in [0, 0.05) is 10.8 Å². The van der Waals surface area contributed by atoms with Crippen LogP contribution in [0.3, 0.4) is 0 Å². The van der Waals surface area contributed by atoms with Crippen LogP contribution >= 0.6 is 0 Å². The van der Waals surface area contributed by atoms with Gasteiger partial charge in [0.2, 0.25) is 0 Å². The molecule has 0 atom stereocenters. The second-order valence-electron chi connectivity index (χ2n) is 4.70. The van der Waals surface area contributed by atoms with Crippen LogP contribution in [0.25, 0.3) is 10.8 Å². The summed E-state index contributed by atoms with van der Waals surface area (Å²) in [7, 11) is 0. The molecule has 0 amide bonds. The highest BCUT2D eigenvalue weighted by atomic mass is 16.3. The summed E-state index contributed by atoms with van der Waals surface area (Å²) in [6.07, 6.45) is 3.30. The Balaban J connectivity index is 2.84. The number of aromatic hydroxyl groups is 1. The van der Waals surface area contributed by atoms with Crippen LogP contribution in [-0.4, -0.2) is 15.3 Å². The molecule has 2 aromatic rings. The molecule has 0 aliphatic heterocycles. The number of rotatable bonds is 0. The van der Waals surface area contributed by atoms with Gasteiger partial charge in [-0.25, -0.2) is 0 Å². The van der Waals surface area contributed by atoms with Crippen LogP contribution in [0.2, 0.25) is 0 Å². The quantitative estimate of drug-likeness (QED) is 0.714. The van der Waals surface area contributed by atoms with E-state index in [4.69, 9.17) is 0 Å². The number of benzene rings is 1. The monoisotopic (exact) mass is 202 g/mol. The van der Waals surface area contributed by atoms with Crippen molar-refractivity contribution in [1.82, 2.24) is 10.2 Å². The molecule has 0 aliphatic carbocycles. The summed E-state index contributed by atoms with van der Waals surface area (Å²) in [4.78, 5) is 0. The smallest absolute Gasteiger partial charge is 0.125 e. The molecule has 0 saturated heterocycles. The topological polar surface area (TPSA) is 46.0 Å². The first-order valence-electron chi connectivity index (χ1n) is 4.93. The third-order valence-corrected chi connectivity index (χ3v) is 2.51. The van der Waals surface area contributed by atoms with Gasteiger partial charge >= 0.3 is 0 Å². The van der Waals surface area contributed by atoms with Crippen LogP contribution in [0, 0.1) is 0 Å². The van der Waals surface area contributed by atoms with Gasteiger partial charge in [0.25, 0.3) is 0 Å². The predicted octanol–water partition coefficient (Wildman–Crippen LogP) is 2.63. The van der Waals surface area contributed by atoms with Crippen LogP contribution in [-0.2, 0) is 5.41 Å². The normalized spacial score (nSPS) is 11.9. The summed E-state index contributed by atoms with van der Waals surface area (Å²) in [6.45, 7) is 6.41. The SMILES string of the molecule is CC(C)(C)c1ccc(O)c2cnncc12. The number of phenolic OH excluding ortho intramolecular Hbond substituents is 1. The average molecular weight is 202 g/mol. The summed E-state index contributed by atoms with van der Waals surface area (Å²) < 4.78 is 0. The van der Waals surface area contributed by atoms with Crippen molar-refractivity contribution in [2.75, 3.05) is 0 Å². The molecule has 2 rings (SSSR count). The number of fused-ring (bicyclic) bond motifs is 1. The lowest BCUT2D eigenvalue weighted by Crippen LogP contribution is -2.11. The lowest BCUT2D eigenvalue weighted by molar-refractivity contribution is 0.480. The Morgan fingerprint density at radius 3 is 2.20 bits per heavy atom. The number of nitrogens with zero attached hydrogens (tertiary/aromatic N) is 2. The molecule has 0 fully saturated rings. The molecule has 0 bridgehead atoms. The zero-order valence-corrected chi connectivity index (χ0v) is 9.15. The first kappa shape index (κ1) is 9.90. The molecule has 3 heteroatoms. The van der Waals surface area contributed by atoms with Crippen molar-refractivity contribution in [3.05, 3.63) is 30.1 Å². The van der Waals surface area contributed by atoms with Gasteiger partial charge in [-0.3, -0.25) is 0 Å². The van der Waals surface area contributed by atoms with Crippen molar-refractivity contribution >= 4 is 10.8 Å². The lowest BCUT2D eigenvalue weighted by Gasteiger charge is -2.21. The van der Waals surface area contributed by atoms with E-state index in [9.17, 15) is 5.11 Å². The van der Waals surface area contributed by atoms with E-state index in [0.717, 1.165) is 10.8 Å². The predicted molar refractivity (Wildman–Crippen MR) is 59.9 cm³/mol. The summed E-state index contributed by atoms with van der Waals surface area (Å²) >= 11 is 0. The van der Waals surface area contributed by atoms with Crippen LogP contribution in [0.1, 0.15) is 26.3 Å². The molecular weight excluding hydrogens is 188 g/mol. The van der Waals surface area contributed by atoms with Gasteiger partial charge in [-0.05, 0) is 17.0 Å². The van der Waals surface area contributed by atoms with Gasteiger partial charge < -0.3 is 5.11 Å². The highest BCUT2D eigenvalue weighted by Crippen LogP contribution is 2.33. The Hall–Kier alpha value is -1.64. The number of hydrogen-bond acceptors (Lipinski definition) is 3. The van der Waals surface area contributed by atoms with E-state index >= 15 is 0 Å². The highest BCUT2D eigenvalue weighted by molar-refractivity contribution is 5.90. The molecule has 1 N–H and O–H groups in total. The Labute approximate surface area is 88.8 Å². The van der Waals surface area contributed by atoms with E-state index < -0.39 is 0 Å². The largest absolute Gasteiger partial charge is 0.507 e. The maximum Gasteiger partial charge on any atom is 0.125 e. The van der Waals surface area contributed by atoms with Crippen molar-refractivity contribution in [2.45, 2.75) is 26.2 Å². The van der Waals surface area contributed by atoms with Crippen LogP contribution in [0.15, 0.2) is 24.5 Å². The number of phenols is 1. The maximum absolute atomic E-state index is 9.69. The van der Waals surface area contributed by atoms with Gasteiger partial charge in [0.1, 0.15) is 5.75 Å². The molecule has 1 heterocycles. The van der Waals surface area contributed by atoms with Crippen molar-refractivity contribution in [1.29, 1.82) is 0 Å². The first-order valence-corrected chi connectivity index (χ1v) is 4.93. The van der Waals surface area contributed by atoms with Gasteiger partial charge in [-0.15, -0.1) is 0 Å². The van der Waals surface area contributed by atoms with Gasteiger partial charge in [-0.1, -0.05) is 26.8 Å². The summed E-state index contributed by atoms with van der Waals surface area (Å²) in [6, 6.07) is 3.66. The van der Waals surface area contributed by atoms with E-state index in [1.807, 2.05) is 6.07 Å². The number of aromatic nitrogens is 2. The third kappa shape index (κ3) is 1.65. The molecule has 78 valence electrons. The third-order valence-electron chi connectivity index (χ3n) is 2.51. The Morgan fingerprint density at radius 2 is 1.60 bits per heavy atom. The summed E-state index contributed by atoms with van der Waals surface area (Å²) in [5.74, 6) is 0.257. The fourth-order valence-corrected chi connectivity index (χ4v) is 1.74. The van der Waals surface area contributed by atoms with E-state index in [0.29, 0.717) is 0 Å².